The normalized spacial score (nSPS) is 23.8. The zero-order valence-corrected chi connectivity index (χ0v) is 15.9. The molecule has 136 valence electrons. The van der Waals surface area contributed by atoms with Crippen LogP contribution in [0, 0.1) is 12.7 Å². The number of anilines is 1. The summed E-state index contributed by atoms with van der Waals surface area (Å²) < 4.78 is 38.5. The highest BCUT2D eigenvalue weighted by molar-refractivity contribution is 8.13. The molecule has 0 aliphatic carbocycles. The van der Waals surface area contributed by atoms with Crippen molar-refractivity contribution < 1.29 is 12.8 Å². The molecule has 2 aliphatic heterocycles. The lowest BCUT2D eigenvalue weighted by Crippen LogP contribution is -2.39. The number of rotatable bonds is 3. The Morgan fingerprint density at radius 2 is 1.88 bits per heavy atom. The molecule has 2 aliphatic rings. The van der Waals surface area contributed by atoms with Gasteiger partial charge >= 0.3 is 0 Å². The SMILES string of the molecule is Cc1ccc(CSC2=N[C@H]3CS(=O)(=O)C[C@H]3N2c2ccccc2F)cc1. The topological polar surface area (TPSA) is 49.7 Å². The second-order valence-electron chi connectivity index (χ2n) is 6.72. The van der Waals surface area contributed by atoms with Crippen molar-refractivity contribution in [2.75, 3.05) is 16.4 Å². The van der Waals surface area contributed by atoms with Crippen LogP contribution in [0.2, 0.25) is 0 Å². The summed E-state index contributed by atoms with van der Waals surface area (Å²) in [7, 11) is -3.14. The minimum absolute atomic E-state index is 0.0179. The molecule has 7 heteroatoms. The fraction of sp³-hybridized carbons (Fsp3) is 0.316. The highest BCUT2D eigenvalue weighted by Gasteiger charge is 2.47. The number of amidine groups is 1. The maximum absolute atomic E-state index is 14.4. The lowest BCUT2D eigenvalue weighted by atomic mass is 10.1. The lowest BCUT2D eigenvalue weighted by Gasteiger charge is -2.26. The number of fused-ring (bicyclic) bond motifs is 1. The molecule has 0 bridgehead atoms. The average molecular weight is 391 g/mol. The third-order valence-corrected chi connectivity index (χ3v) is 7.44. The van der Waals surface area contributed by atoms with Gasteiger partial charge in [-0.05, 0) is 24.6 Å². The highest BCUT2D eigenvalue weighted by Crippen LogP contribution is 2.36. The van der Waals surface area contributed by atoms with Gasteiger partial charge in [0.2, 0.25) is 0 Å². The van der Waals surface area contributed by atoms with Gasteiger partial charge in [0.1, 0.15) is 5.82 Å². The van der Waals surface area contributed by atoms with Crippen LogP contribution >= 0.6 is 11.8 Å². The summed E-state index contributed by atoms with van der Waals surface area (Å²) in [5.74, 6) is 0.401. The predicted octanol–water partition coefficient (Wildman–Crippen LogP) is 3.41. The minimum atomic E-state index is -3.14. The number of hydrogen-bond acceptors (Lipinski definition) is 5. The first kappa shape index (κ1) is 17.5. The number of aryl methyl sites for hydroxylation is 1. The van der Waals surface area contributed by atoms with Gasteiger partial charge < -0.3 is 4.90 Å². The van der Waals surface area contributed by atoms with Crippen LogP contribution in [0.5, 0.6) is 0 Å². The lowest BCUT2D eigenvalue weighted by molar-refractivity contribution is 0.600. The minimum Gasteiger partial charge on any atom is -0.312 e. The number of sulfone groups is 1. The van der Waals surface area contributed by atoms with E-state index in [4.69, 9.17) is 0 Å². The molecule has 0 spiro atoms. The van der Waals surface area contributed by atoms with Gasteiger partial charge in [0.05, 0.1) is 29.3 Å². The van der Waals surface area contributed by atoms with Crippen LogP contribution in [-0.2, 0) is 15.6 Å². The van der Waals surface area contributed by atoms with Crippen molar-refractivity contribution in [1.82, 2.24) is 0 Å². The number of hydrogen-bond donors (Lipinski definition) is 0. The van der Waals surface area contributed by atoms with Crippen LogP contribution in [0.3, 0.4) is 0 Å². The van der Waals surface area contributed by atoms with Gasteiger partial charge in [0, 0.05) is 5.75 Å². The van der Waals surface area contributed by atoms with E-state index in [1.807, 2.05) is 6.92 Å². The second kappa shape index (κ2) is 6.70. The van der Waals surface area contributed by atoms with E-state index in [0.717, 1.165) is 5.56 Å². The summed E-state index contributed by atoms with van der Waals surface area (Å²) in [5.41, 5.74) is 2.75. The molecule has 0 aromatic heterocycles. The summed E-state index contributed by atoms with van der Waals surface area (Å²) >= 11 is 1.53. The van der Waals surface area contributed by atoms with Gasteiger partial charge in [-0.1, -0.05) is 53.7 Å². The van der Waals surface area contributed by atoms with Crippen molar-refractivity contribution in [3.63, 3.8) is 0 Å². The maximum atomic E-state index is 14.4. The Hall–Kier alpha value is -1.86. The fourth-order valence-electron chi connectivity index (χ4n) is 3.39. The Labute approximate surface area is 157 Å². The molecule has 1 fully saturated rings. The number of halogens is 1. The van der Waals surface area contributed by atoms with Crippen LogP contribution < -0.4 is 4.90 Å². The Balaban J connectivity index is 1.63. The van der Waals surface area contributed by atoms with Crippen LogP contribution in [0.15, 0.2) is 53.5 Å². The van der Waals surface area contributed by atoms with Crippen LogP contribution in [-0.4, -0.2) is 37.2 Å². The molecule has 4 rings (SSSR count). The summed E-state index contributed by atoms with van der Waals surface area (Å²) in [6.07, 6.45) is 0. The van der Waals surface area contributed by atoms with Crippen molar-refractivity contribution >= 4 is 32.5 Å². The van der Waals surface area contributed by atoms with Crippen molar-refractivity contribution in [2.24, 2.45) is 4.99 Å². The van der Waals surface area contributed by atoms with E-state index in [2.05, 4.69) is 29.3 Å². The van der Waals surface area contributed by atoms with Crippen LogP contribution in [0.4, 0.5) is 10.1 Å². The highest BCUT2D eigenvalue weighted by atomic mass is 32.2. The van der Waals surface area contributed by atoms with E-state index < -0.39 is 9.84 Å². The molecule has 0 N–H and O–H groups in total. The van der Waals surface area contributed by atoms with Crippen LogP contribution in [0.25, 0.3) is 0 Å². The molecule has 2 heterocycles. The van der Waals surface area contributed by atoms with Gasteiger partial charge in [-0.25, -0.2) is 12.8 Å². The molecule has 2 aromatic carbocycles. The first-order chi connectivity index (χ1) is 12.4. The summed E-state index contributed by atoms with van der Waals surface area (Å²) in [4.78, 5) is 6.42. The standard InChI is InChI=1S/C19H19FN2O2S2/c1-13-6-8-14(9-7-13)10-25-19-21-16-11-26(23,24)12-18(16)22(19)17-5-3-2-4-15(17)20/h2-9,16,18H,10-12H2,1H3/t16-,18+/m0/s1. The van der Waals surface area contributed by atoms with Gasteiger partial charge in [-0.2, -0.15) is 0 Å². The molecule has 0 amide bonds. The number of benzene rings is 2. The molecule has 26 heavy (non-hydrogen) atoms. The average Bonchev–Trinajstić information content (AvgIpc) is 3.06. The monoisotopic (exact) mass is 390 g/mol. The van der Waals surface area contributed by atoms with Gasteiger partial charge in [-0.3, -0.25) is 4.99 Å². The molecule has 0 saturated carbocycles. The molecule has 2 aromatic rings. The molecule has 2 atom stereocenters. The van der Waals surface area contributed by atoms with Gasteiger partial charge in [-0.15, -0.1) is 0 Å². The van der Waals surface area contributed by atoms with E-state index in [1.165, 1.54) is 23.4 Å². The van der Waals surface area contributed by atoms with Gasteiger partial charge in [0.25, 0.3) is 0 Å². The second-order valence-corrected chi connectivity index (χ2v) is 9.82. The maximum Gasteiger partial charge on any atom is 0.164 e. The largest absolute Gasteiger partial charge is 0.312 e. The Bertz CT molecular complexity index is 958. The first-order valence-corrected chi connectivity index (χ1v) is 11.2. The van der Waals surface area contributed by atoms with Crippen molar-refractivity contribution in [2.45, 2.75) is 24.8 Å². The van der Waals surface area contributed by atoms with E-state index in [9.17, 15) is 12.8 Å². The summed E-state index contributed by atoms with van der Waals surface area (Å²) in [5, 5.41) is 0.695. The van der Waals surface area contributed by atoms with Crippen molar-refractivity contribution in [3.8, 4) is 0 Å². The Kier molecular flexibility index (Phi) is 4.52. The number of para-hydroxylation sites is 1. The van der Waals surface area contributed by atoms with E-state index in [0.29, 0.717) is 16.6 Å². The van der Waals surface area contributed by atoms with E-state index >= 15 is 0 Å². The molecular formula is C19H19FN2O2S2. The molecule has 1 saturated heterocycles. The smallest absolute Gasteiger partial charge is 0.164 e. The van der Waals surface area contributed by atoms with Crippen molar-refractivity contribution in [1.29, 1.82) is 0 Å². The fourth-order valence-corrected chi connectivity index (χ4v) is 6.31. The van der Waals surface area contributed by atoms with E-state index in [1.54, 1.807) is 23.1 Å². The zero-order chi connectivity index (χ0) is 18.3. The molecule has 4 nitrogen and oxygen atoms in total. The van der Waals surface area contributed by atoms with Crippen molar-refractivity contribution in [3.05, 3.63) is 65.5 Å². The first-order valence-electron chi connectivity index (χ1n) is 8.43. The molecule has 0 unspecified atom stereocenters. The Morgan fingerprint density at radius 3 is 2.62 bits per heavy atom. The number of nitrogens with zero attached hydrogens (tertiary/aromatic N) is 2. The summed E-state index contributed by atoms with van der Waals surface area (Å²) in [6, 6.07) is 14.1. The zero-order valence-electron chi connectivity index (χ0n) is 14.3. The quantitative estimate of drug-likeness (QED) is 0.806. The van der Waals surface area contributed by atoms with Crippen LogP contribution in [0.1, 0.15) is 11.1 Å². The number of aliphatic imine (C=N–C) groups is 1. The third-order valence-electron chi connectivity index (χ3n) is 4.71. The van der Waals surface area contributed by atoms with Gasteiger partial charge in [0.15, 0.2) is 15.0 Å². The predicted molar refractivity (Wildman–Crippen MR) is 105 cm³/mol. The Morgan fingerprint density at radius 1 is 1.15 bits per heavy atom. The molecular weight excluding hydrogens is 371 g/mol. The summed E-state index contributed by atoms with van der Waals surface area (Å²) in [6.45, 7) is 2.04. The third kappa shape index (κ3) is 3.38. The van der Waals surface area contributed by atoms with E-state index in [-0.39, 0.29) is 29.4 Å². The molecule has 0 radical (unpaired) electrons. The number of thioether (sulfide) groups is 1.